The first-order valence-corrected chi connectivity index (χ1v) is 11.6. The minimum absolute atomic E-state index is 1.31. The molecule has 0 aliphatic rings. The zero-order chi connectivity index (χ0) is 21.3. The maximum Gasteiger partial charge on any atom is 0.0627 e. The van der Waals surface area contributed by atoms with Crippen LogP contribution >= 0.6 is 0 Å². The van der Waals surface area contributed by atoms with Crippen LogP contribution in [0.1, 0.15) is 0 Å². The first-order valence-electron chi connectivity index (χ1n) is 11.6. The number of rotatable bonds is 0. The highest BCUT2D eigenvalue weighted by molar-refractivity contribution is 6.42. The van der Waals surface area contributed by atoms with Crippen LogP contribution in [-0.2, 0) is 0 Å². The van der Waals surface area contributed by atoms with E-state index in [1.54, 1.807) is 0 Å². The van der Waals surface area contributed by atoms with E-state index in [0.717, 1.165) is 0 Å². The lowest BCUT2D eigenvalue weighted by Crippen LogP contribution is -1.86. The van der Waals surface area contributed by atoms with Gasteiger partial charge in [0.2, 0.25) is 0 Å². The Kier molecular flexibility index (Phi) is 2.63. The van der Waals surface area contributed by atoms with Gasteiger partial charge in [-0.05, 0) is 43.8 Å². The van der Waals surface area contributed by atoms with Crippen molar-refractivity contribution in [3.8, 4) is 0 Å². The zero-order valence-corrected chi connectivity index (χ0v) is 17.8. The van der Waals surface area contributed by atoms with Gasteiger partial charge in [0.05, 0.1) is 16.6 Å². The Balaban J connectivity index is 1.76. The van der Waals surface area contributed by atoms with E-state index in [0.29, 0.717) is 0 Å². The molecule has 1 heteroatoms. The molecule has 2 aromatic heterocycles. The van der Waals surface area contributed by atoms with Crippen LogP contribution in [0.5, 0.6) is 0 Å². The van der Waals surface area contributed by atoms with Crippen molar-refractivity contribution in [2.75, 3.05) is 0 Å². The van der Waals surface area contributed by atoms with E-state index in [1.165, 1.54) is 81.2 Å². The standard InChI is InChI=1S/C32H17N/c1-2-9-19-18(8-1)23-14-7-15-27-29(23)30-24(19)16-17-26-28-22-12-5-3-10-20(22)21-11-4-6-13-25(21)31(28)33(27)32(26)30/h1-17H. The van der Waals surface area contributed by atoms with Crippen molar-refractivity contribution in [3.63, 3.8) is 0 Å². The molecular weight excluding hydrogens is 398 g/mol. The summed E-state index contributed by atoms with van der Waals surface area (Å²) in [6.45, 7) is 0. The van der Waals surface area contributed by atoms with Crippen molar-refractivity contribution in [2.24, 2.45) is 0 Å². The van der Waals surface area contributed by atoms with E-state index in [-0.39, 0.29) is 0 Å². The van der Waals surface area contributed by atoms with Crippen molar-refractivity contribution in [3.05, 3.63) is 103 Å². The molecule has 1 nitrogen and oxygen atoms in total. The van der Waals surface area contributed by atoms with E-state index >= 15 is 0 Å². The molecule has 33 heavy (non-hydrogen) atoms. The highest BCUT2D eigenvalue weighted by Crippen LogP contribution is 2.49. The van der Waals surface area contributed by atoms with E-state index < -0.39 is 0 Å². The predicted molar refractivity (Wildman–Crippen MR) is 142 cm³/mol. The summed E-state index contributed by atoms with van der Waals surface area (Å²) in [4.78, 5) is 0. The summed E-state index contributed by atoms with van der Waals surface area (Å²) >= 11 is 0. The van der Waals surface area contributed by atoms with Crippen LogP contribution in [0, 0.1) is 0 Å². The quantitative estimate of drug-likeness (QED) is 0.218. The van der Waals surface area contributed by atoms with Crippen molar-refractivity contribution in [1.29, 1.82) is 0 Å². The minimum Gasteiger partial charge on any atom is -0.307 e. The average Bonchev–Trinajstić information content (AvgIpc) is 3.42. The summed E-state index contributed by atoms with van der Waals surface area (Å²) in [5, 5.41) is 16.2. The van der Waals surface area contributed by atoms with Crippen molar-refractivity contribution in [1.82, 2.24) is 4.40 Å². The van der Waals surface area contributed by atoms with Crippen LogP contribution in [0.15, 0.2) is 103 Å². The van der Waals surface area contributed by atoms with Crippen LogP contribution in [-0.4, -0.2) is 4.40 Å². The molecule has 2 heterocycles. The number of hydrogen-bond acceptors (Lipinski definition) is 0. The smallest absolute Gasteiger partial charge is 0.0627 e. The molecule has 0 unspecified atom stereocenters. The van der Waals surface area contributed by atoms with Crippen LogP contribution < -0.4 is 0 Å². The van der Waals surface area contributed by atoms with Crippen LogP contribution in [0.4, 0.5) is 0 Å². The number of hydrogen-bond donors (Lipinski definition) is 0. The van der Waals surface area contributed by atoms with Gasteiger partial charge in [0.15, 0.2) is 0 Å². The molecule has 9 aromatic rings. The SMILES string of the molecule is c1ccc2c(c1)c1cccc3c1c1c2ccc2c4c5ccccc5c5ccccc5c4n3c21. The van der Waals surface area contributed by atoms with Gasteiger partial charge in [-0.15, -0.1) is 0 Å². The van der Waals surface area contributed by atoms with Crippen LogP contribution in [0.25, 0.3) is 81.2 Å². The fourth-order valence-electron chi connectivity index (χ4n) is 6.65. The highest BCUT2D eigenvalue weighted by Gasteiger charge is 2.24. The maximum atomic E-state index is 2.56. The molecule has 7 aromatic carbocycles. The zero-order valence-electron chi connectivity index (χ0n) is 17.8. The third kappa shape index (κ3) is 1.69. The molecule has 0 saturated carbocycles. The van der Waals surface area contributed by atoms with E-state index in [1.807, 2.05) is 0 Å². The van der Waals surface area contributed by atoms with Gasteiger partial charge in [-0.1, -0.05) is 97.1 Å². The fourth-order valence-corrected chi connectivity index (χ4v) is 6.65. The summed E-state index contributed by atoms with van der Waals surface area (Å²) in [6.07, 6.45) is 0. The second kappa shape index (κ2) is 5.33. The largest absolute Gasteiger partial charge is 0.307 e. The number of nitrogens with zero attached hydrogens (tertiary/aromatic N) is 1. The third-order valence-corrected chi connectivity index (χ3v) is 7.84. The normalized spacial score (nSPS) is 12.8. The number of benzene rings is 7. The lowest BCUT2D eigenvalue weighted by Gasteiger charge is -2.11. The van der Waals surface area contributed by atoms with E-state index in [4.69, 9.17) is 0 Å². The van der Waals surface area contributed by atoms with E-state index in [9.17, 15) is 0 Å². The fraction of sp³-hybridized carbons (Fsp3) is 0. The van der Waals surface area contributed by atoms with Gasteiger partial charge < -0.3 is 4.40 Å². The van der Waals surface area contributed by atoms with Gasteiger partial charge in [0, 0.05) is 26.9 Å². The Morgan fingerprint density at radius 2 is 0.758 bits per heavy atom. The van der Waals surface area contributed by atoms with Crippen LogP contribution in [0.2, 0.25) is 0 Å². The Morgan fingerprint density at radius 3 is 1.45 bits per heavy atom. The number of aromatic nitrogens is 1. The van der Waals surface area contributed by atoms with Gasteiger partial charge >= 0.3 is 0 Å². The first-order chi connectivity index (χ1) is 16.4. The molecular formula is C32H17N. The molecule has 0 saturated heterocycles. The number of fused-ring (bicyclic) bond motifs is 12. The third-order valence-electron chi connectivity index (χ3n) is 7.84. The monoisotopic (exact) mass is 415 g/mol. The molecule has 150 valence electrons. The molecule has 9 rings (SSSR count). The molecule has 0 atom stereocenters. The Bertz CT molecular complexity index is 2230. The van der Waals surface area contributed by atoms with Crippen molar-refractivity contribution in [2.45, 2.75) is 0 Å². The Morgan fingerprint density at radius 1 is 0.303 bits per heavy atom. The molecule has 0 spiro atoms. The predicted octanol–water partition coefficient (Wildman–Crippen LogP) is 8.89. The second-order valence-electron chi connectivity index (χ2n) is 9.28. The summed E-state index contributed by atoms with van der Waals surface area (Å²) < 4.78 is 2.56. The maximum absolute atomic E-state index is 2.56. The van der Waals surface area contributed by atoms with Gasteiger partial charge in [0.25, 0.3) is 0 Å². The average molecular weight is 415 g/mol. The molecule has 0 radical (unpaired) electrons. The molecule has 0 bridgehead atoms. The lowest BCUT2D eigenvalue weighted by atomic mass is 9.92. The van der Waals surface area contributed by atoms with Gasteiger partial charge in [-0.3, -0.25) is 0 Å². The van der Waals surface area contributed by atoms with Gasteiger partial charge in [-0.25, -0.2) is 0 Å². The molecule has 0 N–H and O–H groups in total. The summed E-state index contributed by atoms with van der Waals surface area (Å²) in [6, 6.07) is 38.2. The summed E-state index contributed by atoms with van der Waals surface area (Å²) in [5.74, 6) is 0. The van der Waals surface area contributed by atoms with E-state index in [2.05, 4.69) is 108 Å². The highest BCUT2D eigenvalue weighted by atomic mass is 14.9. The molecule has 0 aliphatic carbocycles. The summed E-state index contributed by atoms with van der Waals surface area (Å²) in [5.41, 5.74) is 4.01. The van der Waals surface area contributed by atoms with Crippen LogP contribution in [0.3, 0.4) is 0 Å². The minimum atomic E-state index is 1.31. The molecule has 0 fully saturated rings. The van der Waals surface area contributed by atoms with Crippen molar-refractivity contribution < 1.29 is 0 Å². The Hall–Kier alpha value is -4.36. The molecule has 0 amide bonds. The second-order valence-corrected chi connectivity index (χ2v) is 9.28. The van der Waals surface area contributed by atoms with Gasteiger partial charge in [0.1, 0.15) is 0 Å². The van der Waals surface area contributed by atoms with Crippen molar-refractivity contribution >= 4 is 81.2 Å². The topological polar surface area (TPSA) is 4.41 Å². The first kappa shape index (κ1) is 16.3. The molecule has 0 aliphatic heterocycles. The summed E-state index contributed by atoms with van der Waals surface area (Å²) in [7, 11) is 0. The lowest BCUT2D eigenvalue weighted by molar-refractivity contribution is 1.38. The van der Waals surface area contributed by atoms with Gasteiger partial charge in [-0.2, -0.15) is 0 Å². The Labute approximate surface area is 188 Å².